The number of aromatic amines is 1. The first kappa shape index (κ1) is 33.8. The first-order chi connectivity index (χ1) is 22.5. The lowest BCUT2D eigenvalue weighted by Gasteiger charge is -2.11. The molecule has 1 aromatic heterocycles. The van der Waals surface area contributed by atoms with Crippen molar-refractivity contribution >= 4 is 68.4 Å². The van der Waals surface area contributed by atoms with Crippen LogP contribution in [0, 0.1) is 13.8 Å². The number of carbonyl (C=O) groups is 3. The van der Waals surface area contributed by atoms with Crippen molar-refractivity contribution in [3.05, 3.63) is 118 Å². The Kier molecular flexibility index (Phi) is 10.4. The van der Waals surface area contributed by atoms with Gasteiger partial charge in [-0.25, -0.2) is 8.42 Å². The van der Waals surface area contributed by atoms with Gasteiger partial charge in [0.2, 0.25) is 9.84 Å². The minimum absolute atomic E-state index is 0.0804. The molecule has 0 atom stereocenters. The van der Waals surface area contributed by atoms with Crippen molar-refractivity contribution in [2.24, 2.45) is 0 Å². The molecule has 242 valence electrons. The van der Waals surface area contributed by atoms with Crippen LogP contribution in [0.1, 0.15) is 50.4 Å². The smallest absolute Gasteiger partial charge is 0.311 e. The van der Waals surface area contributed by atoms with E-state index in [2.05, 4.69) is 28.2 Å². The van der Waals surface area contributed by atoms with Crippen LogP contribution < -0.4 is 15.4 Å². The Hall–Kier alpha value is -4.58. The summed E-state index contributed by atoms with van der Waals surface area (Å²) in [5.74, 6) is -0.812. The number of nitrogens with one attached hydrogen (secondary N) is 3. The summed E-state index contributed by atoms with van der Waals surface area (Å²) in [7, 11) is -4.12. The molecule has 0 bridgehead atoms. The lowest BCUT2D eigenvalue weighted by atomic mass is 10.1. The summed E-state index contributed by atoms with van der Waals surface area (Å²) in [6.07, 6.45) is 0.753. The van der Waals surface area contributed by atoms with E-state index < -0.39 is 27.6 Å². The molecule has 2 amide bonds. The van der Waals surface area contributed by atoms with Crippen LogP contribution in [0.2, 0.25) is 5.02 Å². The fraction of sp³-hybridized carbons (Fsp3) is 0.171. The van der Waals surface area contributed by atoms with Crippen molar-refractivity contribution in [3.63, 3.8) is 0 Å². The second-order valence-electron chi connectivity index (χ2n) is 11.0. The fourth-order valence-corrected chi connectivity index (χ4v) is 7.22. The van der Waals surface area contributed by atoms with Crippen molar-refractivity contribution < 1.29 is 27.5 Å². The second kappa shape index (κ2) is 14.5. The molecule has 12 heteroatoms. The number of aryl methyl sites for hydroxylation is 2. The van der Waals surface area contributed by atoms with Crippen molar-refractivity contribution in [1.82, 2.24) is 10.3 Å². The predicted molar refractivity (Wildman–Crippen MR) is 185 cm³/mol. The molecule has 0 saturated heterocycles. The average Bonchev–Trinajstić information content (AvgIpc) is 3.42. The zero-order valence-corrected chi connectivity index (χ0v) is 28.1. The van der Waals surface area contributed by atoms with Crippen molar-refractivity contribution in [1.29, 1.82) is 0 Å². The lowest BCUT2D eigenvalue weighted by Crippen LogP contribution is -2.25. The van der Waals surface area contributed by atoms with Crippen molar-refractivity contribution in [3.8, 4) is 5.75 Å². The molecule has 0 aliphatic rings. The third-order valence-corrected chi connectivity index (χ3v) is 9.64. The van der Waals surface area contributed by atoms with Gasteiger partial charge < -0.3 is 20.4 Å². The number of H-pyrrole nitrogens is 1. The van der Waals surface area contributed by atoms with Crippen molar-refractivity contribution in [2.45, 2.75) is 43.0 Å². The maximum atomic E-state index is 14.0. The minimum atomic E-state index is -4.12. The molecule has 0 saturated carbocycles. The van der Waals surface area contributed by atoms with Crippen molar-refractivity contribution in [2.75, 3.05) is 11.1 Å². The molecule has 0 spiro atoms. The molecule has 0 aliphatic heterocycles. The lowest BCUT2D eigenvalue weighted by molar-refractivity contribution is -0.134. The van der Waals surface area contributed by atoms with Crippen LogP contribution >= 0.6 is 24.2 Å². The number of amides is 2. The number of fused-ring (bicyclic) bond motifs is 1. The van der Waals surface area contributed by atoms with E-state index >= 15 is 0 Å². The first-order valence-corrected chi connectivity index (χ1v) is 17.2. The third-order valence-electron chi connectivity index (χ3n) is 7.27. The average molecular weight is 690 g/mol. The van der Waals surface area contributed by atoms with Crippen LogP contribution in [0.25, 0.3) is 10.9 Å². The third kappa shape index (κ3) is 7.87. The fourth-order valence-electron chi connectivity index (χ4n) is 5.10. The highest BCUT2D eigenvalue weighted by Crippen LogP contribution is 2.34. The number of hydrogen-bond acceptors (Lipinski definition) is 7. The maximum Gasteiger partial charge on any atom is 0.311 e. The molecule has 5 aromatic rings. The largest absolute Gasteiger partial charge is 0.426 e. The van der Waals surface area contributed by atoms with Crippen LogP contribution in [-0.2, 0) is 21.2 Å². The molecule has 9 nitrogen and oxygen atoms in total. The van der Waals surface area contributed by atoms with Gasteiger partial charge in [-0.1, -0.05) is 41.9 Å². The number of carbonyl (C=O) groups excluding carboxylic acids is 3. The van der Waals surface area contributed by atoms with E-state index in [-0.39, 0.29) is 39.8 Å². The highest BCUT2D eigenvalue weighted by atomic mass is 35.5. The quantitative estimate of drug-likeness (QED) is 0.0666. The van der Waals surface area contributed by atoms with Gasteiger partial charge in [-0.05, 0) is 97.3 Å². The Balaban J connectivity index is 1.32. The molecule has 47 heavy (non-hydrogen) atoms. The summed E-state index contributed by atoms with van der Waals surface area (Å²) >= 11 is 10.3. The zero-order valence-electron chi connectivity index (χ0n) is 25.6. The Bertz CT molecular complexity index is 2070. The van der Waals surface area contributed by atoms with Gasteiger partial charge in [-0.2, -0.15) is 12.6 Å². The Morgan fingerprint density at radius 2 is 1.60 bits per heavy atom. The van der Waals surface area contributed by atoms with Gasteiger partial charge in [0, 0.05) is 34.6 Å². The molecule has 3 N–H and O–H groups in total. The number of thiol groups is 1. The molecule has 0 aliphatic carbocycles. The summed E-state index contributed by atoms with van der Waals surface area (Å²) in [6, 6.07) is 23.0. The van der Waals surface area contributed by atoms with E-state index in [1.54, 1.807) is 72.8 Å². The van der Waals surface area contributed by atoms with E-state index in [0.29, 0.717) is 39.4 Å². The number of ether oxygens (including phenoxy) is 1. The Morgan fingerprint density at radius 3 is 2.30 bits per heavy atom. The Labute approximate surface area is 283 Å². The topological polar surface area (TPSA) is 134 Å². The van der Waals surface area contributed by atoms with Gasteiger partial charge in [0.25, 0.3) is 11.8 Å². The first-order valence-electron chi connectivity index (χ1n) is 14.7. The number of anilines is 1. The number of halogens is 1. The number of hydrogen-bond donors (Lipinski definition) is 4. The van der Waals surface area contributed by atoms with Gasteiger partial charge in [0.1, 0.15) is 16.3 Å². The van der Waals surface area contributed by atoms with E-state index in [1.807, 2.05) is 19.9 Å². The van der Waals surface area contributed by atoms with Crippen LogP contribution in [0.15, 0.2) is 94.7 Å². The van der Waals surface area contributed by atoms with Gasteiger partial charge >= 0.3 is 5.97 Å². The highest BCUT2D eigenvalue weighted by molar-refractivity contribution is 7.91. The molecule has 0 radical (unpaired) electrons. The molecular formula is C35H32ClN3O6S2. The van der Waals surface area contributed by atoms with Crippen LogP contribution in [0.5, 0.6) is 5.75 Å². The highest BCUT2D eigenvalue weighted by Gasteiger charge is 2.30. The summed E-state index contributed by atoms with van der Waals surface area (Å²) < 4.78 is 33.3. The Morgan fingerprint density at radius 1 is 0.894 bits per heavy atom. The van der Waals surface area contributed by atoms with Crippen LogP contribution in [0.4, 0.5) is 5.69 Å². The van der Waals surface area contributed by atoms with Gasteiger partial charge in [-0.15, -0.1) is 0 Å². The molecular weight excluding hydrogens is 658 g/mol. The number of benzene rings is 4. The van der Waals surface area contributed by atoms with E-state index in [4.69, 9.17) is 16.3 Å². The standard InChI is InChI=1S/C35H32ClN3O6S2/c1-21-16-22(2)18-26(17-21)47(43,44)33-28-19-24(36)11-14-29(28)39-32(33)35(42)37-20-23-9-12-25(13-10-23)38-34(41)27-6-3-4-7-30(27)45-31(40)8-5-15-46/h3-4,6-7,9-14,16-19,39,46H,5,8,15,20H2,1-2H3,(H,37,42)(H,38,41). The van der Waals surface area contributed by atoms with E-state index in [9.17, 15) is 22.8 Å². The summed E-state index contributed by atoms with van der Waals surface area (Å²) in [5, 5.41) is 6.23. The number of esters is 1. The number of aromatic nitrogens is 1. The molecule has 5 rings (SSSR count). The predicted octanol–water partition coefficient (Wildman–Crippen LogP) is 7.07. The number of para-hydroxylation sites is 1. The van der Waals surface area contributed by atoms with E-state index in [1.165, 1.54) is 6.07 Å². The number of sulfone groups is 1. The molecule has 0 fully saturated rings. The zero-order chi connectivity index (χ0) is 33.7. The summed E-state index contributed by atoms with van der Waals surface area (Å²) in [5.41, 5.74) is 3.30. The van der Waals surface area contributed by atoms with E-state index in [0.717, 1.165) is 11.1 Å². The maximum absolute atomic E-state index is 14.0. The van der Waals surface area contributed by atoms with Crippen LogP contribution in [-0.4, -0.2) is 36.9 Å². The molecule has 0 unspecified atom stereocenters. The second-order valence-corrected chi connectivity index (χ2v) is 13.7. The van der Waals surface area contributed by atoms with Gasteiger partial charge in [0.15, 0.2) is 0 Å². The SMILES string of the molecule is Cc1cc(C)cc(S(=O)(=O)c2c(C(=O)NCc3ccc(NC(=O)c4ccccc4OC(=O)CCCS)cc3)[nH]c3ccc(Cl)cc23)c1. The molecule has 4 aromatic carbocycles. The van der Waals surface area contributed by atoms with Gasteiger partial charge in [0.05, 0.1) is 10.5 Å². The summed E-state index contributed by atoms with van der Waals surface area (Å²) in [4.78, 5) is 41.5. The minimum Gasteiger partial charge on any atom is -0.426 e. The van der Waals surface area contributed by atoms with Gasteiger partial charge in [-0.3, -0.25) is 14.4 Å². The normalized spacial score (nSPS) is 11.3. The van der Waals surface area contributed by atoms with Crippen LogP contribution in [0.3, 0.4) is 0 Å². The molecule has 1 heterocycles. The number of rotatable bonds is 11. The summed E-state index contributed by atoms with van der Waals surface area (Å²) in [6.45, 7) is 3.70. The monoisotopic (exact) mass is 689 g/mol.